The maximum atomic E-state index is 11.0. The molecule has 2 aromatic carbocycles. The molecule has 0 fully saturated rings. The molecule has 0 aliphatic carbocycles. The number of aromatic hydroxyl groups is 1. The molecule has 0 aromatic heterocycles. The van der Waals surface area contributed by atoms with Crippen LogP contribution < -0.4 is 0 Å². The van der Waals surface area contributed by atoms with Gasteiger partial charge in [-0.25, -0.2) is 4.79 Å². The van der Waals surface area contributed by atoms with Gasteiger partial charge in [-0.3, -0.25) is 4.55 Å². The number of hydrogen-bond donors (Lipinski definition) is 3. The molecule has 2 aromatic rings. The number of benzene rings is 2. The van der Waals surface area contributed by atoms with Crippen molar-refractivity contribution >= 4 is 86.6 Å². The molecule has 122 valence electrons. The van der Waals surface area contributed by atoms with Crippen molar-refractivity contribution in [1.82, 2.24) is 0 Å². The number of aromatic carboxylic acids is 1. The summed E-state index contributed by atoms with van der Waals surface area (Å²) in [6.07, 6.45) is 0. The number of nitrogens with zero attached hydrogens (tertiary/aromatic N) is 2. The third-order valence-electron chi connectivity index (χ3n) is 2.93. The van der Waals surface area contributed by atoms with Gasteiger partial charge in [-0.2, -0.15) is 18.6 Å². The maximum absolute atomic E-state index is 11.0. The van der Waals surface area contributed by atoms with E-state index in [1.54, 1.807) is 0 Å². The molecule has 0 atom stereocenters. The third kappa shape index (κ3) is 6.46. The van der Waals surface area contributed by atoms with Crippen molar-refractivity contribution in [2.75, 3.05) is 0 Å². The van der Waals surface area contributed by atoms with Crippen LogP contribution in [0.1, 0.15) is 15.9 Å². The second-order valence-electron chi connectivity index (χ2n) is 4.63. The van der Waals surface area contributed by atoms with E-state index in [0.717, 1.165) is 12.1 Å². The third-order valence-corrected chi connectivity index (χ3v) is 3.80. The Kier molecular flexibility index (Phi) is 9.48. The minimum atomic E-state index is -4.28. The number of carbonyl (C=O) groups is 1. The maximum Gasteiger partial charge on any atom is 0.339 e. The number of aryl methyl sites for hydroxylation is 1. The quantitative estimate of drug-likeness (QED) is 0.422. The fourth-order valence-corrected chi connectivity index (χ4v) is 2.26. The second-order valence-corrected chi connectivity index (χ2v) is 6.05. The van der Waals surface area contributed by atoms with Crippen molar-refractivity contribution in [2.45, 2.75) is 11.8 Å². The molecule has 0 bridgehead atoms. The molecule has 3 N–H and O–H groups in total. The molecule has 0 saturated heterocycles. The number of phenols is 1. The Labute approximate surface area is 188 Å². The summed E-state index contributed by atoms with van der Waals surface area (Å²) in [6.45, 7) is 1.53. The molecule has 0 aliphatic heterocycles. The summed E-state index contributed by atoms with van der Waals surface area (Å²) in [5, 5.41) is 26.3. The Morgan fingerprint density at radius 2 is 1.52 bits per heavy atom. The Bertz CT molecular complexity index is 898. The minimum absolute atomic E-state index is 0. The first-order chi connectivity index (χ1) is 10.7. The van der Waals surface area contributed by atoms with Gasteiger partial charge < -0.3 is 10.2 Å². The van der Waals surface area contributed by atoms with Crippen LogP contribution in [-0.2, 0) is 10.1 Å². The first-order valence-corrected chi connectivity index (χ1v) is 7.68. The summed E-state index contributed by atoms with van der Waals surface area (Å²) >= 11 is 0. The second kappa shape index (κ2) is 9.79. The number of carboxylic acid groups (broad SMARTS) is 1. The Morgan fingerprint density at radius 1 is 1.00 bits per heavy atom. The van der Waals surface area contributed by atoms with Crippen LogP contribution in [0.2, 0.25) is 0 Å². The van der Waals surface area contributed by atoms with Gasteiger partial charge in [0.15, 0.2) is 0 Å². The molecule has 0 saturated carbocycles. The molecule has 0 spiro atoms. The van der Waals surface area contributed by atoms with Crippen LogP contribution in [0.25, 0.3) is 0 Å². The van der Waals surface area contributed by atoms with E-state index in [9.17, 15) is 18.3 Å². The summed E-state index contributed by atoms with van der Waals surface area (Å²) < 4.78 is 30.7. The monoisotopic (exact) mass is 382 g/mol. The summed E-state index contributed by atoms with van der Waals surface area (Å²) in [7, 11) is -4.28. The first-order valence-electron chi connectivity index (χ1n) is 6.24. The molecular formula is C14H12N2Na2O6S. The van der Waals surface area contributed by atoms with Crippen LogP contribution in [-0.4, -0.2) is 88.3 Å². The van der Waals surface area contributed by atoms with Crippen LogP contribution in [0.3, 0.4) is 0 Å². The topological polar surface area (TPSA) is 137 Å². The summed E-state index contributed by atoms with van der Waals surface area (Å²) in [5.74, 6) is -1.63. The van der Waals surface area contributed by atoms with Gasteiger partial charge in [0.05, 0.1) is 16.3 Å². The Balaban J connectivity index is 0.00000288. The molecule has 2 rings (SSSR count). The molecular weight excluding hydrogens is 370 g/mol. The number of azo groups is 1. The van der Waals surface area contributed by atoms with Crippen LogP contribution >= 0.6 is 0 Å². The van der Waals surface area contributed by atoms with Gasteiger partial charge in [0.2, 0.25) is 0 Å². The summed E-state index contributed by atoms with van der Waals surface area (Å²) in [4.78, 5) is 10.7. The van der Waals surface area contributed by atoms with Crippen molar-refractivity contribution in [3.63, 3.8) is 0 Å². The zero-order valence-corrected chi connectivity index (χ0v) is 18.6. The molecule has 2 radical (unpaired) electrons. The van der Waals surface area contributed by atoms with Gasteiger partial charge in [-0.05, 0) is 48.9 Å². The molecule has 0 aliphatic rings. The van der Waals surface area contributed by atoms with E-state index in [1.807, 2.05) is 0 Å². The van der Waals surface area contributed by atoms with Gasteiger partial charge in [0.25, 0.3) is 10.1 Å². The molecule has 8 nitrogen and oxygen atoms in total. The van der Waals surface area contributed by atoms with E-state index in [1.165, 1.54) is 31.2 Å². The van der Waals surface area contributed by atoms with E-state index in [2.05, 4.69) is 10.2 Å². The van der Waals surface area contributed by atoms with Crippen LogP contribution in [0.15, 0.2) is 51.5 Å². The van der Waals surface area contributed by atoms with Gasteiger partial charge in [0, 0.05) is 59.1 Å². The number of rotatable bonds is 4. The van der Waals surface area contributed by atoms with E-state index in [-0.39, 0.29) is 81.0 Å². The van der Waals surface area contributed by atoms with Crippen molar-refractivity contribution in [2.24, 2.45) is 10.2 Å². The standard InChI is InChI=1S/C14H12N2O6S.2Na/c1-8-6-10(7-12(13(8)17)14(18)19)16-15-9-2-4-11(5-3-9)23(20,21)22;;/h2-7,17H,1H3,(H,18,19)(H,20,21,22);;. The fourth-order valence-electron chi connectivity index (χ4n) is 1.78. The fraction of sp³-hybridized carbons (Fsp3) is 0.0714. The van der Waals surface area contributed by atoms with Gasteiger partial charge in [0.1, 0.15) is 11.3 Å². The summed E-state index contributed by atoms with van der Waals surface area (Å²) in [6, 6.07) is 7.61. The molecule has 0 amide bonds. The number of hydrogen-bond acceptors (Lipinski definition) is 6. The van der Waals surface area contributed by atoms with E-state index >= 15 is 0 Å². The van der Waals surface area contributed by atoms with Gasteiger partial charge in [-0.1, -0.05) is 0 Å². The number of carboxylic acids is 1. The zero-order valence-electron chi connectivity index (χ0n) is 13.8. The van der Waals surface area contributed by atoms with Crippen LogP contribution in [0.4, 0.5) is 11.4 Å². The normalized spacial score (nSPS) is 10.8. The summed E-state index contributed by atoms with van der Waals surface area (Å²) in [5.41, 5.74) is 0.567. The largest absolute Gasteiger partial charge is 0.507 e. The van der Waals surface area contributed by atoms with Crippen molar-refractivity contribution in [3.8, 4) is 5.75 Å². The van der Waals surface area contributed by atoms with Crippen LogP contribution in [0.5, 0.6) is 5.75 Å². The predicted molar refractivity (Wildman–Crippen MR) is 91.7 cm³/mol. The Morgan fingerprint density at radius 3 is 2.00 bits per heavy atom. The average molecular weight is 382 g/mol. The molecule has 0 unspecified atom stereocenters. The molecule has 11 heteroatoms. The van der Waals surface area contributed by atoms with E-state index in [4.69, 9.17) is 9.66 Å². The average Bonchev–Trinajstić information content (AvgIpc) is 2.47. The first kappa shape index (κ1) is 24.2. The van der Waals surface area contributed by atoms with E-state index < -0.39 is 16.1 Å². The van der Waals surface area contributed by atoms with Gasteiger partial charge in [-0.15, -0.1) is 0 Å². The van der Waals surface area contributed by atoms with E-state index in [0.29, 0.717) is 11.3 Å². The van der Waals surface area contributed by atoms with Crippen molar-refractivity contribution in [1.29, 1.82) is 0 Å². The van der Waals surface area contributed by atoms with Crippen molar-refractivity contribution < 1.29 is 28.0 Å². The zero-order chi connectivity index (χ0) is 17.2. The van der Waals surface area contributed by atoms with Crippen molar-refractivity contribution in [3.05, 3.63) is 47.5 Å². The smallest absolute Gasteiger partial charge is 0.339 e. The predicted octanol–water partition coefficient (Wildman–Crippen LogP) is 2.30. The Hall–Kier alpha value is -0.780. The van der Waals surface area contributed by atoms with Crippen LogP contribution in [0, 0.1) is 6.92 Å². The minimum Gasteiger partial charge on any atom is -0.507 e. The molecule has 25 heavy (non-hydrogen) atoms. The molecule has 0 heterocycles. The van der Waals surface area contributed by atoms with Gasteiger partial charge >= 0.3 is 5.97 Å². The SMILES string of the molecule is Cc1cc(N=Nc2ccc(S(=O)(=O)O)cc2)cc(C(=O)O)c1O.[Na].[Na].